The molecular formula is C23H22N2O3. The summed E-state index contributed by atoms with van der Waals surface area (Å²) in [6.45, 7) is 4.58. The lowest BCUT2D eigenvalue weighted by Gasteiger charge is -2.13. The van der Waals surface area contributed by atoms with Crippen LogP contribution in [-0.2, 0) is 6.54 Å². The summed E-state index contributed by atoms with van der Waals surface area (Å²) in [5, 5.41) is 3.00. The highest BCUT2D eigenvalue weighted by Gasteiger charge is 2.19. The van der Waals surface area contributed by atoms with Crippen molar-refractivity contribution in [3.05, 3.63) is 83.2 Å². The van der Waals surface area contributed by atoms with Crippen LogP contribution in [0.5, 0.6) is 5.75 Å². The molecule has 142 valence electrons. The maximum Gasteiger partial charge on any atom is 0.272 e. The average molecular weight is 374 g/mol. The van der Waals surface area contributed by atoms with Gasteiger partial charge in [0.2, 0.25) is 0 Å². The topological polar surface area (TPSA) is 56.4 Å². The molecule has 2 heterocycles. The van der Waals surface area contributed by atoms with E-state index >= 15 is 0 Å². The molecule has 0 saturated heterocycles. The molecule has 5 heteroatoms. The first kappa shape index (κ1) is 17.9. The molecule has 5 nitrogen and oxygen atoms in total. The Kier molecular flexibility index (Phi) is 4.65. The molecular weight excluding hydrogens is 352 g/mol. The number of methoxy groups -OCH3 is 1. The van der Waals surface area contributed by atoms with E-state index in [0.717, 1.165) is 28.1 Å². The molecule has 0 saturated carbocycles. The molecule has 0 aliphatic heterocycles. The van der Waals surface area contributed by atoms with Gasteiger partial charge >= 0.3 is 0 Å². The van der Waals surface area contributed by atoms with Crippen LogP contribution in [0, 0.1) is 13.8 Å². The number of para-hydroxylation sites is 1. The van der Waals surface area contributed by atoms with Gasteiger partial charge in [0.05, 0.1) is 25.4 Å². The van der Waals surface area contributed by atoms with E-state index in [1.165, 1.54) is 5.56 Å². The molecule has 2 aromatic carbocycles. The molecule has 2 aromatic heterocycles. The number of benzene rings is 2. The number of anilines is 1. The van der Waals surface area contributed by atoms with E-state index in [4.69, 9.17) is 9.15 Å². The number of hydrogen-bond acceptors (Lipinski definition) is 3. The zero-order valence-corrected chi connectivity index (χ0v) is 16.2. The van der Waals surface area contributed by atoms with Crippen molar-refractivity contribution in [2.24, 2.45) is 0 Å². The number of carbonyl (C=O) groups is 1. The summed E-state index contributed by atoms with van der Waals surface area (Å²) in [5.74, 6) is 0.609. The van der Waals surface area contributed by atoms with Gasteiger partial charge in [0.1, 0.15) is 11.4 Å². The normalized spacial score (nSPS) is 11.0. The zero-order valence-electron chi connectivity index (χ0n) is 16.2. The van der Waals surface area contributed by atoms with Gasteiger partial charge in [-0.1, -0.05) is 24.3 Å². The highest BCUT2D eigenvalue weighted by Crippen LogP contribution is 2.26. The first-order chi connectivity index (χ1) is 13.6. The molecule has 0 fully saturated rings. The van der Waals surface area contributed by atoms with E-state index < -0.39 is 0 Å². The van der Waals surface area contributed by atoms with Crippen molar-refractivity contribution in [3.63, 3.8) is 0 Å². The van der Waals surface area contributed by atoms with Crippen LogP contribution in [0.15, 0.2) is 65.3 Å². The van der Waals surface area contributed by atoms with Crippen molar-refractivity contribution in [2.75, 3.05) is 12.4 Å². The lowest BCUT2D eigenvalue weighted by molar-refractivity contribution is 0.101. The number of aryl methyl sites for hydroxylation is 2. The monoisotopic (exact) mass is 374 g/mol. The van der Waals surface area contributed by atoms with E-state index in [1.807, 2.05) is 66.9 Å². The van der Waals surface area contributed by atoms with E-state index in [1.54, 1.807) is 19.4 Å². The number of carbonyl (C=O) groups excluding carboxylic acids is 1. The Bertz CT molecular complexity index is 1150. The van der Waals surface area contributed by atoms with Crippen LogP contribution in [-0.4, -0.2) is 17.6 Å². The molecule has 0 unspecified atom stereocenters. The number of amides is 1. The summed E-state index contributed by atoms with van der Waals surface area (Å²) in [6, 6.07) is 17.4. The van der Waals surface area contributed by atoms with Gasteiger partial charge in [0, 0.05) is 23.4 Å². The fraction of sp³-hybridized carbons (Fsp3) is 0.174. The van der Waals surface area contributed by atoms with Crippen molar-refractivity contribution < 1.29 is 13.9 Å². The third-order valence-corrected chi connectivity index (χ3v) is 5.04. The van der Waals surface area contributed by atoms with Gasteiger partial charge in [-0.25, -0.2) is 0 Å². The SMILES string of the molecule is COc1ccccc1Cn1c(C(=O)Nc2ccc(C)c(C)c2)cc2occc21. The van der Waals surface area contributed by atoms with Gasteiger partial charge in [0.15, 0.2) is 5.58 Å². The molecule has 0 spiro atoms. The molecule has 1 amide bonds. The predicted molar refractivity (Wildman–Crippen MR) is 110 cm³/mol. The number of furan rings is 1. The van der Waals surface area contributed by atoms with Crippen LogP contribution in [0.25, 0.3) is 11.1 Å². The number of rotatable bonds is 5. The first-order valence-electron chi connectivity index (χ1n) is 9.14. The highest BCUT2D eigenvalue weighted by atomic mass is 16.5. The quantitative estimate of drug-likeness (QED) is 0.525. The first-order valence-corrected chi connectivity index (χ1v) is 9.14. The predicted octanol–water partition coefficient (Wildman–Crippen LogP) is 5.16. The highest BCUT2D eigenvalue weighted by molar-refractivity contribution is 6.06. The standard InChI is InChI=1S/C23H22N2O3/c1-15-8-9-18(12-16(15)2)24-23(26)20-13-22-19(10-11-28-22)25(20)14-17-6-4-5-7-21(17)27-3/h4-13H,14H2,1-3H3,(H,24,26). The number of nitrogens with one attached hydrogen (secondary N) is 1. The number of hydrogen-bond donors (Lipinski definition) is 1. The summed E-state index contributed by atoms with van der Waals surface area (Å²) in [6.07, 6.45) is 1.63. The molecule has 0 bridgehead atoms. The molecule has 1 N–H and O–H groups in total. The second-order valence-electron chi connectivity index (χ2n) is 6.85. The molecule has 0 aliphatic carbocycles. The maximum absolute atomic E-state index is 13.0. The number of fused-ring (bicyclic) bond motifs is 1. The van der Waals surface area contributed by atoms with E-state index in [0.29, 0.717) is 17.8 Å². The van der Waals surface area contributed by atoms with Crippen LogP contribution in [0.1, 0.15) is 27.2 Å². The van der Waals surface area contributed by atoms with E-state index in [-0.39, 0.29) is 5.91 Å². The number of aromatic nitrogens is 1. The average Bonchev–Trinajstić information content (AvgIpc) is 3.28. The van der Waals surface area contributed by atoms with E-state index in [2.05, 4.69) is 5.32 Å². The van der Waals surface area contributed by atoms with Gasteiger partial charge in [0.25, 0.3) is 5.91 Å². The summed E-state index contributed by atoms with van der Waals surface area (Å²) < 4.78 is 13.0. The Morgan fingerprint density at radius 2 is 1.89 bits per heavy atom. The van der Waals surface area contributed by atoms with Gasteiger partial charge < -0.3 is 19.0 Å². The summed E-state index contributed by atoms with van der Waals surface area (Å²) in [7, 11) is 1.65. The number of nitrogens with zero attached hydrogens (tertiary/aromatic N) is 1. The minimum Gasteiger partial charge on any atom is -0.496 e. The van der Waals surface area contributed by atoms with Crippen molar-refractivity contribution in [1.29, 1.82) is 0 Å². The van der Waals surface area contributed by atoms with Gasteiger partial charge in [-0.15, -0.1) is 0 Å². The molecule has 4 rings (SSSR count). The molecule has 28 heavy (non-hydrogen) atoms. The minimum absolute atomic E-state index is 0.176. The van der Waals surface area contributed by atoms with Crippen molar-refractivity contribution in [1.82, 2.24) is 4.57 Å². The zero-order chi connectivity index (χ0) is 19.7. The molecule has 4 aromatic rings. The summed E-state index contributed by atoms with van der Waals surface area (Å²) in [5.41, 5.74) is 6.18. The summed E-state index contributed by atoms with van der Waals surface area (Å²) >= 11 is 0. The molecule has 0 atom stereocenters. The van der Waals surface area contributed by atoms with Gasteiger partial charge in [-0.2, -0.15) is 0 Å². The third-order valence-electron chi connectivity index (χ3n) is 5.04. The number of ether oxygens (including phenoxy) is 1. The lowest BCUT2D eigenvalue weighted by atomic mass is 10.1. The van der Waals surface area contributed by atoms with Crippen molar-refractivity contribution in [3.8, 4) is 5.75 Å². The third kappa shape index (κ3) is 3.27. The van der Waals surface area contributed by atoms with Crippen molar-refractivity contribution >= 4 is 22.7 Å². The minimum atomic E-state index is -0.176. The Balaban J connectivity index is 1.70. The fourth-order valence-electron chi connectivity index (χ4n) is 3.35. The van der Waals surface area contributed by atoms with Gasteiger partial charge in [-0.3, -0.25) is 4.79 Å². The van der Waals surface area contributed by atoms with Crippen LogP contribution >= 0.6 is 0 Å². The molecule has 0 aliphatic rings. The lowest BCUT2D eigenvalue weighted by Crippen LogP contribution is -2.17. The molecule has 0 radical (unpaired) electrons. The van der Waals surface area contributed by atoms with Crippen LogP contribution in [0.2, 0.25) is 0 Å². The second-order valence-corrected chi connectivity index (χ2v) is 6.85. The maximum atomic E-state index is 13.0. The van der Waals surface area contributed by atoms with Gasteiger partial charge in [-0.05, 0) is 43.2 Å². The Morgan fingerprint density at radius 1 is 1.07 bits per heavy atom. The van der Waals surface area contributed by atoms with Crippen LogP contribution in [0.4, 0.5) is 5.69 Å². The smallest absolute Gasteiger partial charge is 0.272 e. The van der Waals surface area contributed by atoms with Crippen LogP contribution in [0.3, 0.4) is 0 Å². The second kappa shape index (κ2) is 7.27. The Morgan fingerprint density at radius 3 is 2.68 bits per heavy atom. The van der Waals surface area contributed by atoms with Crippen LogP contribution < -0.4 is 10.1 Å². The largest absolute Gasteiger partial charge is 0.496 e. The fourth-order valence-corrected chi connectivity index (χ4v) is 3.35. The van der Waals surface area contributed by atoms with E-state index in [9.17, 15) is 4.79 Å². The summed E-state index contributed by atoms with van der Waals surface area (Å²) in [4.78, 5) is 13.0. The van der Waals surface area contributed by atoms with Crippen molar-refractivity contribution in [2.45, 2.75) is 20.4 Å². The Labute approximate surface area is 163 Å². The Hall–Kier alpha value is -3.47.